The normalized spacial score (nSPS) is 13.2. The molecule has 0 aromatic rings. The Morgan fingerprint density at radius 1 is 1.54 bits per heavy atom. The third-order valence-corrected chi connectivity index (χ3v) is 2.39. The van der Waals surface area contributed by atoms with Crippen molar-refractivity contribution in [1.82, 2.24) is 10.2 Å². The van der Waals surface area contributed by atoms with Gasteiger partial charge in [-0.25, -0.2) is 0 Å². The Morgan fingerprint density at radius 3 is 2.77 bits per heavy atom. The highest BCUT2D eigenvalue weighted by Gasteiger charge is 2.06. The second-order valence-electron chi connectivity index (χ2n) is 3.61. The number of hydrogen-bond acceptors (Lipinski definition) is 2. The summed E-state index contributed by atoms with van der Waals surface area (Å²) in [5.41, 5.74) is 0. The van der Waals surface area contributed by atoms with Gasteiger partial charge >= 0.3 is 0 Å². The maximum absolute atomic E-state index is 3.67. The number of rotatable bonds is 8. The van der Waals surface area contributed by atoms with E-state index in [0.717, 1.165) is 19.6 Å². The standard InChI is InChI=1S/C11H24N2/c1-5-7-11(3)13(4)10-9-12-8-6-2/h6,11-12H,2,5,7-10H2,1,3-4H3. The summed E-state index contributed by atoms with van der Waals surface area (Å²) in [4.78, 5) is 2.40. The molecule has 2 nitrogen and oxygen atoms in total. The van der Waals surface area contributed by atoms with Crippen molar-refractivity contribution >= 4 is 0 Å². The van der Waals surface area contributed by atoms with Crippen molar-refractivity contribution in [2.75, 3.05) is 26.7 Å². The lowest BCUT2D eigenvalue weighted by Gasteiger charge is -2.24. The van der Waals surface area contributed by atoms with E-state index in [4.69, 9.17) is 0 Å². The molecule has 1 atom stereocenters. The molecule has 0 aromatic heterocycles. The first-order chi connectivity index (χ1) is 6.22. The highest BCUT2D eigenvalue weighted by Crippen LogP contribution is 2.02. The first-order valence-corrected chi connectivity index (χ1v) is 5.24. The maximum Gasteiger partial charge on any atom is 0.0132 e. The van der Waals surface area contributed by atoms with Crippen LogP contribution in [0.4, 0.5) is 0 Å². The average molecular weight is 184 g/mol. The van der Waals surface area contributed by atoms with E-state index in [1.54, 1.807) is 0 Å². The van der Waals surface area contributed by atoms with Crippen molar-refractivity contribution in [2.45, 2.75) is 32.7 Å². The van der Waals surface area contributed by atoms with E-state index in [9.17, 15) is 0 Å². The van der Waals surface area contributed by atoms with Crippen LogP contribution in [0.25, 0.3) is 0 Å². The average Bonchev–Trinajstić information content (AvgIpc) is 2.12. The fourth-order valence-electron chi connectivity index (χ4n) is 1.32. The summed E-state index contributed by atoms with van der Waals surface area (Å²) >= 11 is 0. The lowest BCUT2D eigenvalue weighted by Crippen LogP contribution is -2.35. The van der Waals surface area contributed by atoms with Gasteiger partial charge in [-0.1, -0.05) is 19.4 Å². The molecule has 13 heavy (non-hydrogen) atoms. The van der Waals surface area contributed by atoms with Crippen LogP contribution in [0.5, 0.6) is 0 Å². The van der Waals surface area contributed by atoms with Crippen molar-refractivity contribution in [2.24, 2.45) is 0 Å². The minimum absolute atomic E-state index is 0.704. The first kappa shape index (κ1) is 12.7. The van der Waals surface area contributed by atoms with E-state index in [1.807, 2.05) is 6.08 Å². The molecule has 1 N–H and O–H groups in total. The van der Waals surface area contributed by atoms with Crippen LogP contribution >= 0.6 is 0 Å². The van der Waals surface area contributed by atoms with Gasteiger partial charge in [0.2, 0.25) is 0 Å². The topological polar surface area (TPSA) is 15.3 Å². The summed E-state index contributed by atoms with van der Waals surface area (Å²) in [7, 11) is 2.19. The van der Waals surface area contributed by atoms with Crippen molar-refractivity contribution in [3.05, 3.63) is 12.7 Å². The zero-order valence-electron chi connectivity index (χ0n) is 9.34. The van der Waals surface area contributed by atoms with E-state index in [0.29, 0.717) is 6.04 Å². The Labute approximate surface area is 83.0 Å². The summed E-state index contributed by atoms with van der Waals surface area (Å²) in [5.74, 6) is 0. The molecule has 0 spiro atoms. The summed E-state index contributed by atoms with van der Waals surface area (Å²) < 4.78 is 0. The van der Waals surface area contributed by atoms with E-state index in [-0.39, 0.29) is 0 Å². The molecule has 0 radical (unpaired) electrons. The van der Waals surface area contributed by atoms with Gasteiger partial charge in [0.25, 0.3) is 0 Å². The lowest BCUT2D eigenvalue weighted by molar-refractivity contribution is 0.246. The minimum Gasteiger partial charge on any atom is -0.312 e. The van der Waals surface area contributed by atoms with Gasteiger partial charge in [-0.3, -0.25) is 0 Å². The molecular formula is C11H24N2. The Kier molecular flexibility index (Phi) is 8.05. The molecule has 0 aromatic carbocycles. The van der Waals surface area contributed by atoms with Crippen molar-refractivity contribution < 1.29 is 0 Å². The molecule has 1 unspecified atom stereocenters. The number of hydrogen-bond donors (Lipinski definition) is 1. The van der Waals surface area contributed by atoms with Gasteiger partial charge in [0.15, 0.2) is 0 Å². The van der Waals surface area contributed by atoms with Gasteiger partial charge in [-0.15, -0.1) is 6.58 Å². The summed E-state index contributed by atoms with van der Waals surface area (Å²) in [6, 6.07) is 0.704. The summed E-state index contributed by atoms with van der Waals surface area (Å²) in [6.45, 7) is 11.3. The fraction of sp³-hybridized carbons (Fsp3) is 0.818. The van der Waals surface area contributed by atoms with Gasteiger partial charge in [-0.2, -0.15) is 0 Å². The van der Waals surface area contributed by atoms with Crippen LogP contribution in [0, 0.1) is 0 Å². The fourth-order valence-corrected chi connectivity index (χ4v) is 1.32. The number of likely N-dealkylation sites (N-methyl/N-ethyl adjacent to an activating group) is 1. The molecule has 0 saturated heterocycles. The van der Waals surface area contributed by atoms with Crippen LogP contribution in [0.2, 0.25) is 0 Å². The van der Waals surface area contributed by atoms with Gasteiger partial charge < -0.3 is 10.2 Å². The molecule has 0 bridgehead atoms. The van der Waals surface area contributed by atoms with Gasteiger partial charge in [0.1, 0.15) is 0 Å². The van der Waals surface area contributed by atoms with Crippen LogP contribution in [0.1, 0.15) is 26.7 Å². The SMILES string of the molecule is C=CCNCCN(C)C(C)CCC. The molecule has 0 aliphatic rings. The summed E-state index contributed by atoms with van der Waals surface area (Å²) in [5, 5.41) is 3.30. The van der Waals surface area contributed by atoms with E-state index < -0.39 is 0 Å². The van der Waals surface area contributed by atoms with Crippen molar-refractivity contribution in [1.29, 1.82) is 0 Å². The zero-order chi connectivity index (χ0) is 10.1. The number of nitrogens with zero attached hydrogens (tertiary/aromatic N) is 1. The largest absolute Gasteiger partial charge is 0.312 e. The molecular weight excluding hydrogens is 160 g/mol. The highest BCUT2D eigenvalue weighted by molar-refractivity contribution is 4.70. The van der Waals surface area contributed by atoms with Crippen LogP contribution in [-0.2, 0) is 0 Å². The molecule has 0 rings (SSSR count). The monoisotopic (exact) mass is 184 g/mol. The second kappa shape index (κ2) is 8.27. The van der Waals surface area contributed by atoms with Gasteiger partial charge in [0, 0.05) is 25.7 Å². The Hall–Kier alpha value is -0.340. The predicted octanol–water partition coefficient (Wildman–Crippen LogP) is 1.88. The second-order valence-corrected chi connectivity index (χ2v) is 3.61. The molecule has 0 aliphatic heterocycles. The van der Waals surface area contributed by atoms with E-state index in [2.05, 4.69) is 37.7 Å². The van der Waals surface area contributed by atoms with Crippen molar-refractivity contribution in [3.8, 4) is 0 Å². The smallest absolute Gasteiger partial charge is 0.0132 e. The zero-order valence-corrected chi connectivity index (χ0v) is 9.34. The van der Waals surface area contributed by atoms with E-state index >= 15 is 0 Å². The molecule has 0 amide bonds. The highest BCUT2D eigenvalue weighted by atomic mass is 15.1. The Morgan fingerprint density at radius 2 is 2.23 bits per heavy atom. The lowest BCUT2D eigenvalue weighted by atomic mass is 10.2. The minimum atomic E-state index is 0.704. The quantitative estimate of drug-likeness (QED) is 0.458. The predicted molar refractivity (Wildman–Crippen MR) is 60.1 cm³/mol. The molecule has 78 valence electrons. The number of nitrogens with one attached hydrogen (secondary N) is 1. The maximum atomic E-state index is 3.67. The Balaban J connectivity index is 3.37. The summed E-state index contributed by atoms with van der Waals surface area (Å²) in [6.07, 6.45) is 4.46. The van der Waals surface area contributed by atoms with E-state index in [1.165, 1.54) is 12.8 Å². The molecule has 0 fully saturated rings. The molecule has 0 aliphatic carbocycles. The third-order valence-electron chi connectivity index (χ3n) is 2.39. The Bertz CT molecular complexity index is 123. The van der Waals surface area contributed by atoms with Gasteiger partial charge in [0.05, 0.1) is 0 Å². The van der Waals surface area contributed by atoms with Crippen LogP contribution in [-0.4, -0.2) is 37.6 Å². The van der Waals surface area contributed by atoms with Gasteiger partial charge in [-0.05, 0) is 20.4 Å². The molecule has 0 heterocycles. The molecule has 0 saturated carbocycles. The van der Waals surface area contributed by atoms with Crippen molar-refractivity contribution in [3.63, 3.8) is 0 Å². The first-order valence-electron chi connectivity index (χ1n) is 5.24. The van der Waals surface area contributed by atoms with Crippen LogP contribution < -0.4 is 5.32 Å². The van der Waals surface area contributed by atoms with Crippen LogP contribution in [0.15, 0.2) is 12.7 Å². The molecule has 2 heteroatoms. The van der Waals surface area contributed by atoms with Crippen LogP contribution in [0.3, 0.4) is 0 Å². The third kappa shape index (κ3) is 6.79.